The quantitative estimate of drug-likeness (QED) is 0.311. The van der Waals surface area contributed by atoms with E-state index in [0.717, 1.165) is 18.0 Å². The molecule has 0 aromatic heterocycles. The largest absolute Gasteiger partial charge is 0.558 e. The van der Waals surface area contributed by atoms with Crippen LogP contribution in [-0.2, 0) is 0 Å². The Morgan fingerprint density at radius 2 is 1.73 bits per heavy atom. The molecule has 78 valence electrons. The third kappa shape index (κ3) is 3.73. The predicted molar refractivity (Wildman–Crippen MR) is 49.1 cm³/mol. The molecular formula is C8H4BF3NO2-. The van der Waals surface area contributed by atoms with Gasteiger partial charge in [0.1, 0.15) is 0 Å². The second-order valence-corrected chi connectivity index (χ2v) is 2.65. The van der Waals surface area contributed by atoms with Gasteiger partial charge in [0.2, 0.25) is 0 Å². The molecule has 0 aliphatic carbocycles. The summed E-state index contributed by atoms with van der Waals surface area (Å²) in [5.74, 6) is 3.01. The number of nitro benzene ring substituents is 1. The minimum Gasteiger partial charge on any atom is -0.438 e. The van der Waals surface area contributed by atoms with Crippen LogP contribution in [0.3, 0.4) is 0 Å². The van der Waals surface area contributed by atoms with Gasteiger partial charge in [-0.25, -0.2) is 0 Å². The lowest BCUT2D eigenvalue weighted by Crippen LogP contribution is -2.10. The van der Waals surface area contributed by atoms with Gasteiger partial charge in [-0.2, -0.15) is 5.82 Å². The summed E-state index contributed by atoms with van der Waals surface area (Å²) in [7, 11) is 0. The van der Waals surface area contributed by atoms with Crippen molar-refractivity contribution in [2.45, 2.75) is 0 Å². The van der Waals surface area contributed by atoms with Crippen molar-refractivity contribution in [2.75, 3.05) is 0 Å². The van der Waals surface area contributed by atoms with Crippen LogP contribution in [0, 0.1) is 21.9 Å². The molecule has 0 N–H and O–H groups in total. The van der Waals surface area contributed by atoms with Crippen LogP contribution in [0.15, 0.2) is 24.3 Å². The summed E-state index contributed by atoms with van der Waals surface area (Å²) in [4.78, 5) is 9.59. The van der Waals surface area contributed by atoms with E-state index in [2.05, 4.69) is 0 Å². The summed E-state index contributed by atoms with van der Waals surface area (Å²) in [6.45, 7) is -5.15. The number of benzene rings is 1. The molecular weight excluding hydrogens is 210 g/mol. The van der Waals surface area contributed by atoms with Crippen molar-refractivity contribution in [1.82, 2.24) is 0 Å². The molecule has 0 amide bonds. The van der Waals surface area contributed by atoms with E-state index in [9.17, 15) is 23.1 Å². The Hall–Kier alpha value is -1.97. The average Bonchev–Trinajstić information content (AvgIpc) is 2.14. The van der Waals surface area contributed by atoms with E-state index in [1.54, 1.807) is 0 Å². The van der Waals surface area contributed by atoms with Gasteiger partial charge in [-0.05, 0) is 12.1 Å². The Morgan fingerprint density at radius 3 is 2.13 bits per heavy atom. The van der Waals surface area contributed by atoms with Crippen molar-refractivity contribution in [3.8, 4) is 11.7 Å². The number of hydrogen-bond acceptors (Lipinski definition) is 2. The standard InChI is InChI=1S/C8H4BF3NO2/c10-9(11,12)6-5-7-1-3-8(4-2-7)13(14)15/h1-4H/q-1. The molecule has 1 aromatic rings. The first-order chi connectivity index (χ1) is 6.88. The van der Waals surface area contributed by atoms with Gasteiger partial charge in [0.15, 0.2) is 0 Å². The molecule has 1 rings (SSSR count). The summed E-state index contributed by atoms with van der Waals surface area (Å²) in [5.41, 5.74) is -0.0853. The van der Waals surface area contributed by atoms with Crippen molar-refractivity contribution >= 4 is 12.7 Å². The number of rotatable bonds is 1. The van der Waals surface area contributed by atoms with E-state index < -0.39 is 11.9 Å². The molecule has 0 unspecified atom stereocenters. The summed E-state index contributed by atoms with van der Waals surface area (Å²) < 4.78 is 35.2. The molecule has 0 fully saturated rings. The molecule has 0 aliphatic rings. The van der Waals surface area contributed by atoms with Crippen LogP contribution in [0.5, 0.6) is 0 Å². The Morgan fingerprint density at radius 1 is 1.20 bits per heavy atom. The second-order valence-electron chi connectivity index (χ2n) is 2.65. The molecule has 15 heavy (non-hydrogen) atoms. The van der Waals surface area contributed by atoms with E-state index in [1.165, 1.54) is 12.1 Å². The van der Waals surface area contributed by atoms with E-state index in [4.69, 9.17) is 0 Å². The highest BCUT2D eigenvalue weighted by Gasteiger charge is 2.18. The highest BCUT2D eigenvalue weighted by molar-refractivity contribution is 6.67. The minimum atomic E-state index is -5.15. The lowest BCUT2D eigenvalue weighted by molar-refractivity contribution is -0.384. The Balaban J connectivity index is 2.89. The van der Waals surface area contributed by atoms with Gasteiger partial charge >= 0.3 is 6.98 Å². The fourth-order valence-corrected chi connectivity index (χ4v) is 0.832. The Kier molecular flexibility index (Phi) is 3.00. The van der Waals surface area contributed by atoms with Crippen LogP contribution in [0.25, 0.3) is 0 Å². The fourth-order valence-electron chi connectivity index (χ4n) is 0.832. The van der Waals surface area contributed by atoms with Crippen molar-refractivity contribution < 1.29 is 17.9 Å². The molecule has 0 bridgehead atoms. The third-order valence-electron chi connectivity index (χ3n) is 1.46. The molecule has 7 heteroatoms. The molecule has 0 aliphatic heterocycles. The first-order valence-corrected chi connectivity index (χ1v) is 3.85. The van der Waals surface area contributed by atoms with Gasteiger partial charge in [-0.1, -0.05) is 0 Å². The lowest BCUT2D eigenvalue weighted by atomic mass is 9.93. The van der Waals surface area contributed by atoms with Crippen molar-refractivity contribution in [2.24, 2.45) is 0 Å². The van der Waals surface area contributed by atoms with Gasteiger partial charge in [0.25, 0.3) is 5.69 Å². The topological polar surface area (TPSA) is 43.1 Å². The highest BCUT2D eigenvalue weighted by atomic mass is 19.4. The zero-order chi connectivity index (χ0) is 11.5. The molecule has 0 saturated carbocycles. The first-order valence-electron chi connectivity index (χ1n) is 3.85. The van der Waals surface area contributed by atoms with Crippen LogP contribution >= 0.6 is 0 Å². The van der Waals surface area contributed by atoms with Gasteiger partial charge in [0.05, 0.1) is 4.92 Å². The van der Waals surface area contributed by atoms with Gasteiger partial charge in [0, 0.05) is 17.7 Å². The molecule has 3 nitrogen and oxygen atoms in total. The number of non-ortho nitro benzene ring substituents is 1. The zero-order valence-corrected chi connectivity index (χ0v) is 7.28. The van der Waals surface area contributed by atoms with E-state index in [-0.39, 0.29) is 11.3 Å². The summed E-state index contributed by atoms with van der Waals surface area (Å²) >= 11 is 0. The Bertz CT molecular complexity index is 430. The fraction of sp³-hybridized carbons (Fsp3) is 0. The molecule has 0 atom stereocenters. The summed E-state index contributed by atoms with van der Waals surface area (Å²) in [5, 5.41) is 10.2. The number of halogens is 3. The number of hydrogen-bond donors (Lipinski definition) is 0. The second kappa shape index (κ2) is 4.04. The molecule has 0 heterocycles. The predicted octanol–water partition coefficient (Wildman–Crippen LogP) is 2.33. The molecule has 1 aromatic carbocycles. The Labute approximate surface area is 83.1 Å². The lowest BCUT2D eigenvalue weighted by Gasteiger charge is -2.02. The SMILES string of the molecule is O=[N+]([O-])c1ccc(C#C[B-](F)(F)F)cc1. The van der Waals surface area contributed by atoms with Crippen LogP contribution in [0.2, 0.25) is 0 Å². The summed E-state index contributed by atoms with van der Waals surface area (Å²) in [6, 6.07) is 4.56. The third-order valence-corrected chi connectivity index (χ3v) is 1.46. The monoisotopic (exact) mass is 214 g/mol. The zero-order valence-electron chi connectivity index (χ0n) is 7.28. The maximum absolute atomic E-state index is 11.7. The normalized spacial score (nSPS) is 10.3. The van der Waals surface area contributed by atoms with Crippen LogP contribution in [0.1, 0.15) is 5.56 Å². The maximum Gasteiger partial charge on any atom is 0.558 e. The molecule has 0 spiro atoms. The highest BCUT2D eigenvalue weighted by Crippen LogP contribution is 2.12. The van der Waals surface area contributed by atoms with E-state index in [1.807, 2.05) is 5.92 Å². The van der Waals surface area contributed by atoms with Gasteiger partial charge in [-0.15, -0.1) is 5.92 Å². The smallest absolute Gasteiger partial charge is 0.438 e. The molecule has 0 saturated heterocycles. The molecule has 0 radical (unpaired) electrons. The van der Waals surface area contributed by atoms with Crippen molar-refractivity contribution in [3.63, 3.8) is 0 Å². The van der Waals surface area contributed by atoms with Crippen LogP contribution in [-0.4, -0.2) is 11.9 Å². The van der Waals surface area contributed by atoms with Gasteiger partial charge in [-0.3, -0.25) is 10.1 Å². The average molecular weight is 214 g/mol. The maximum atomic E-state index is 11.7. The van der Waals surface area contributed by atoms with Crippen molar-refractivity contribution in [1.29, 1.82) is 0 Å². The summed E-state index contributed by atoms with van der Waals surface area (Å²) in [6.07, 6.45) is 0. The van der Waals surface area contributed by atoms with E-state index in [0.29, 0.717) is 0 Å². The van der Waals surface area contributed by atoms with Crippen molar-refractivity contribution in [3.05, 3.63) is 39.9 Å². The van der Waals surface area contributed by atoms with Gasteiger partial charge < -0.3 is 12.9 Å². The number of nitrogens with zero attached hydrogens (tertiary/aromatic N) is 1. The van der Waals surface area contributed by atoms with Crippen LogP contribution in [0.4, 0.5) is 18.6 Å². The number of nitro groups is 1. The minimum absolute atomic E-state index is 0.0970. The van der Waals surface area contributed by atoms with Crippen LogP contribution < -0.4 is 0 Å². The first kappa shape index (κ1) is 11.1. The van der Waals surface area contributed by atoms with E-state index >= 15 is 0 Å².